The van der Waals surface area contributed by atoms with Crippen LogP contribution in [0.1, 0.15) is 5.82 Å². The zero-order chi connectivity index (χ0) is 11.7. The molecule has 2 nitrogen and oxygen atoms in total. The molecule has 0 fully saturated rings. The van der Waals surface area contributed by atoms with Crippen LogP contribution in [0.5, 0.6) is 0 Å². The van der Waals surface area contributed by atoms with E-state index in [-0.39, 0.29) is 0 Å². The molecule has 0 saturated carbocycles. The van der Waals surface area contributed by atoms with E-state index in [4.69, 9.17) is 34.8 Å². The Labute approximate surface area is 108 Å². The van der Waals surface area contributed by atoms with Gasteiger partial charge in [-0.1, -0.05) is 46.9 Å². The molecule has 82 valence electrons. The molecule has 0 aliphatic heterocycles. The Morgan fingerprint density at radius 3 is 2.19 bits per heavy atom. The van der Waals surface area contributed by atoms with Crippen LogP contribution in [0.15, 0.2) is 24.3 Å². The first kappa shape index (κ1) is 11.6. The van der Waals surface area contributed by atoms with Crippen molar-refractivity contribution in [3.05, 3.63) is 45.4 Å². The SMILES string of the molecule is Cc1nc(Cl)c(-c2cccc(Cl)c2)c(Cl)n1. The van der Waals surface area contributed by atoms with Crippen molar-refractivity contribution < 1.29 is 0 Å². The van der Waals surface area contributed by atoms with Crippen molar-refractivity contribution >= 4 is 34.8 Å². The lowest BCUT2D eigenvalue weighted by molar-refractivity contribution is 1.06. The number of halogens is 3. The van der Waals surface area contributed by atoms with E-state index < -0.39 is 0 Å². The second kappa shape index (κ2) is 4.58. The van der Waals surface area contributed by atoms with Crippen molar-refractivity contribution in [3.63, 3.8) is 0 Å². The lowest BCUT2D eigenvalue weighted by atomic mass is 10.1. The van der Waals surface area contributed by atoms with E-state index in [2.05, 4.69) is 9.97 Å². The molecule has 1 aromatic heterocycles. The van der Waals surface area contributed by atoms with Crippen molar-refractivity contribution in [1.29, 1.82) is 0 Å². The number of rotatable bonds is 1. The maximum absolute atomic E-state index is 6.04. The maximum Gasteiger partial charge on any atom is 0.142 e. The topological polar surface area (TPSA) is 25.8 Å². The highest BCUT2D eigenvalue weighted by Crippen LogP contribution is 2.33. The van der Waals surface area contributed by atoms with Gasteiger partial charge >= 0.3 is 0 Å². The molecular weight excluding hydrogens is 266 g/mol. The summed E-state index contributed by atoms with van der Waals surface area (Å²) in [5, 5.41) is 1.28. The molecule has 0 bridgehead atoms. The van der Waals surface area contributed by atoms with Gasteiger partial charge in [0, 0.05) is 5.02 Å². The van der Waals surface area contributed by atoms with Crippen molar-refractivity contribution in [2.45, 2.75) is 6.92 Å². The Hall–Kier alpha value is -0.830. The molecule has 0 spiro atoms. The Bertz CT molecular complexity index is 517. The van der Waals surface area contributed by atoms with Crippen LogP contribution in [0.4, 0.5) is 0 Å². The van der Waals surface area contributed by atoms with E-state index in [0.717, 1.165) is 5.56 Å². The predicted octanol–water partition coefficient (Wildman–Crippen LogP) is 4.41. The number of hydrogen-bond donors (Lipinski definition) is 0. The minimum absolute atomic E-state index is 0.333. The second-order valence-electron chi connectivity index (χ2n) is 3.24. The Morgan fingerprint density at radius 2 is 1.62 bits per heavy atom. The van der Waals surface area contributed by atoms with Gasteiger partial charge in [0.05, 0.1) is 5.56 Å². The van der Waals surface area contributed by atoms with E-state index in [1.807, 2.05) is 12.1 Å². The summed E-state index contributed by atoms with van der Waals surface area (Å²) in [6, 6.07) is 7.23. The number of aromatic nitrogens is 2. The molecule has 0 aliphatic rings. The molecule has 0 atom stereocenters. The average molecular weight is 274 g/mol. The lowest BCUT2D eigenvalue weighted by Gasteiger charge is -2.06. The second-order valence-corrected chi connectivity index (χ2v) is 4.39. The molecule has 2 aromatic rings. The van der Waals surface area contributed by atoms with E-state index >= 15 is 0 Å². The highest BCUT2D eigenvalue weighted by atomic mass is 35.5. The van der Waals surface area contributed by atoms with Crippen molar-refractivity contribution in [2.24, 2.45) is 0 Å². The smallest absolute Gasteiger partial charge is 0.142 e. The van der Waals surface area contributed by atoms with Crippen molar-refractivity contribution in [3.8, 4) is 11.1 Å². The van der Waals surface area contributed by atoms with Gasteiger partial charge in [0.25, 0.3) is 0 Å². The summed E-state index contributed by atoms with van der Waals surface area (Å²) < 4.78 is 0. The first-order valence-electron chi connectivity index (χ1n) is 4.53. The molecule has 0 N–H and O–H groups in total. The van der Waals surface area contributed by atoms with Crippen molar-refractivity contribution in [1.82, 2.24) is 9.97 Å². The third kappa shape index (κ3) is 2.29. The Kier molecular flexibility index (Phi) is 3.33. The molecule has 0 amide bonds. The van der Waals surface area contributed by atoms with Crippen LogP contribution in [-0.4, -0.2) is 9.97 Å². The first-order valence-corrected chi connectivity index (χ1v) is 5.67. The van der Waals surface area contributed by atoms with Gasteiger partial charge in [-0.15, -0.1) is 0 Å². The van der Waals surface area contributed by atoms with Crippen LogP contribution < -0.4 is 0 Å². The van der Waals surface area contributed by atoms with Gasteiger partial charge < -0.3 is 0 Å². The summed E-state index contributed by atoms with van der Waals surface area (Å²) >= 11 is 18.0. The predicted molar refractivity (Wildman–Crippen MR) is 67.2 cm³/mol. The standard InChI is InChI=1S/C11H7Cl3N2/c1-6-15-10(13)9(11(14)16-6)7-3-2-4-8(12)5-7/h2-5H,1H3. The minimum atomic E-state index is 0.333. The highest BCUT2D eigenvalue weighted by Gasteiger charge is 2.12. The summed E-state index contributed by atoms with van der Waals surface area (Å²) in [6.07, 6.45) is 0. The summed E-state index contributed by atoms with van der Waals surface area (Å²) in [4.78, 5) is 8.13. The van der Waals surface area contributed by atoms with Crippen LogP contribution in [-0.2, 0) is 0 Å². The van der Waals surface area contributed by atoms with Crippen LogP contribution in [0.25, 0.3) is 11.1 Å². The molecule has 16 heavy (non-hydrogen) atoms. The zero-order valence-corrected chi connectivity index (χ0v) is 10.6. The van der Waals surface area contributed by atoms with E-state index in [0.29, 0.717) is 26.7 Å². The van der Waals surface area contributed by atoms with Crippen LogP contribution in [0.2, 0.25) is 15.3 Å². The molecule has 1 heterocycles. The number of benzene rings is 1. The summed E-state index contributed by atoms with van der Waals surface area (Å²) in [7, 11) is 0. The molecule has 0 unspecified atom stereocenters. The van der Waals surface area contributed by atoms with E-state index in [1.165, 1.54) is 0 Å². The maximum atomic E-state index is 6.04. The minimum Gasteiger partial charge on any atom is -0.221 e. The fourth-order valence-corrected chi connectivity index (χ4v) is 2.27. The first-order chi connectivity index (χ1) is 7.58. The molecule has 1 aromatic carbocycles. The van der Waals surface area contributed by atoms with Crippen LogP contribution in [0.3, 0.4) is 0 Å². The van der Waals surface area contributed by atoms with E-state index in [9.17, 15) is 0 Å². The summed E-state index contributed by atoms with van der Waals surface area (Å²) in [6.45, 7) is 1.74. The molecular formula is C11H7Cl3N2. The molecule has 0 radical (unpaired) electrons. The van der Waals surface area contributed by atoms with Crippen LogP contribution in [0, 0.1) is 6.92 Å². The fourth-order valence-electron chi connectivity index (χ4n) is 1.39. The Balaban J connectivity index is 2.64. The Morgan fingerprint density at radius 1 is 1.00 bits per heavy atom. The lowest BCUT2D eigenvalue weighted by Crippen LogP contribution is -1.93. The van der Waals surface area contributed by atoms with E-state index in [1.54, 1.807) is 19.1 Å². The number of hydrogen-bond acceptors (Lipinski definition) is 2. The van der Waals surface area contributed by atoms with Gasteiger partial charge in [0.15, 0.2) is 0 Å². The average Bonchev–Trinajstić information content (AvgIpc) is 2.15. The third-order valence-corrected chi connectivity index (χ3v) is 2.83. The number of aryl methyl sites for hydroxylation is 1. The number of nitrogens with zero attached hydrogens (tertiary/aromatic N) is 2. The van der Waals surface area contributed by atoms with Gasteiger partial charge in [-0.25, -0.2) is 9.97 Å². The largest absolute Gasteiger partial charge is 0.221 e. The van der Waals surface area contributed by atoms with Gasteiger partial charge in [-0.3, -0.25) is 0 Å². The van der Waals surface area contributed by atoms with Gasteiger partial charge in [-0.2, -0.15) is 0 Å². The molecule has 0 saturated heterocycles. The fraction of sp³-hybridized carbons (Fsp3) is 0.0909. The quantitative estimate of drug-likeness (QED) is 0.719. The summed E-state index contributed by atoms with van der Waals surface area (Å²) in [5.41, 5.74) is 1.42. The third-order valence-electron chi connectivity index (χ3n) is 2.05. The molecule has 5 heteroatoms. The molecule has 0 aliphatic carbocycles. The zero-order valence-electron chi connectivity index (χ0n) is 8.34. The highest BCUT2D eigenvalue weighted by molar-refractivity contribution is 6.38. The van der Waals surface area contributed by atoms with Gasteiger partial charge in [0.2, 0.25) is 0 Å². The monoisotopic (exact) mass is 272 g/mol. The van der Waals surface area contributed by atoms with Gasteiger partial charge in [0.1, 0.15) is 16.1 Å². The van der Waals surface area contributed by atoms with Crippen molar-refractivity contribution in [2.75, 3.05) is 0 Å². The molecule has 2 rings (SSSR count). The van der Waals surface area contributed by atoms with Gasteiger partial charge in [-0.05, 0) is 24.6 Å². The normalized spacial score (nSPS) is 10.5. The van der Waals surface area contributed by atoms with Crippen LogP contribution >= 0.6 is 34.8 Å². The summed E-state index contributed by atoms with van der Waals surface area (Å²) in [5.74, 6) is 0.542.